The number of methoxy groups -OCH3 is 1. The van der Waals surface area contributed by atoms with Gasteiger partial charge < -0.3 is 29.1 Å². The highest BCUT2D eigenvalue weighted by atomic mass is 16.6. The molecule has 1 saturated heterocycles. The molecule has 4 aromatic carbocycles. The van der Waals surface area contributed by atoms with Gasteiger partial charge in [-0.05, 0) is 53.9 Å². The summed E-state index contributed by atoms with van der Waals surface area (Å²) in [7, 11) is 1.53. The number of esters is 1. The minimum atomic E-state index is -1.07. The van der Waals surface area contributed by atoms with Crippen LogP contribution in [-0.4, -0.2) is 53.1 Å². The predicted octanol–water partition coefficient (Wildman–Crippen LogP) is 6.08. The summed E-state index contributed by atoms with van der Waals surface area (Å²) in [6.45, 7) is 1.38. The number of nitrogens with one attached hydrogen (secondary N) is 1. The summed E-state index contributed by atoms with van der Waals surface area (Å²) in [5.41, 5.74) is 1.25. The average molecular weight is 702 g/mol. The molecule has 1 fully saturated rings. The van der Waals surface area contributed by atoms with Crippen LogP contribution in [-0.2, 0) is 29.4 Å². The van der Waals surface area contributed by atoms with Crippen LogP contribution in [0, 0.1) is 0 Å². The summed E-state index contributed by atoms with van der Waals surface area (Å²) in [5, 5.41) is 2.64. The molecule has 0 radical (unpaired) electrons. The number of nitrogens with zero attached hydrogens (tertiary/aromatic N) is 2. The molecule has 11 nitrogen and oxygen atoms in total. The van der Waals surface area contributed by atoms with Gasteiger partial charge in [-0.2, -0.15) is 4.98 Å². The fourth-order valence-corrected chi connectivity index (χ4v) is 6.26. The number of carbonyl (C=O) groups excluding carboxylic acids is 3. The van der Waals surface area contributed by atoms with Crippen molar-refractivity contribution >= 4 is 23.5 Å². The number of anilines is 1. The highest BCUT2D eigenvalue weighted by Crippen LogP contribution is 2.42. The van der Waals surface area contributed by atoms with Crippen LogP contribution in [0.25, 0.3) is 0 Å². The summed E-state index contributed by atoms with van der Waals surface area (Å²) in [6.07, 6.45) is -0.934. The smallest absolute Gasteiger partial charge is 0.351 e. The van der Waals surface area contributed by atoms with E-state index in [-0.39, 0.29) is 37.5 Å². The van der Waals surface area contributed by atoms with Gasteiger partial charge in [0.15, 0.2) is 0 Å². The molecule has 3 atom stereocenters. The number of ether oxygens (including phenoxy) is 4. The van der Waals surface area contributed by atoms with Gasteiger partial charge in [0.1, 0.15) is 41.4 Å². The van der Waals surface area contributed by atoms with Gasteiger partial charge in [-0.3, -0.25) is 14.2 Å². The van der Waals surface area contributed by atoms with Crippen molar-refractivity contribution in [3.8, 4) is 5.75 Å². The number of Topliss-reactive ketones (excluding diaryl/α,β-unsaturated/α-hetero) is 1. The first-order valence-corrected chi connectivity index (χ1v) is 17.0. The molecule has 6 rings (SSSR count). The maximum absolute atomic E-state index is 13.3. The molecule has 0 bridgehead atoms. The molecule has 1 aliphatic rings. The maximum Gasteiger partial charge on any atom is 0.351 e. The standard InChI is InChI=1S/C41H39N3O8/c1-28(45)18-23-38(46)52-34-26-37(44-25-24-36(43-40(44)48)42-39(47)29-19-21-33(49-2)22-20-29)51-35(34)27-50-41(30-12-6-3-7-13-30,31-14-8-4-9-15-31)32-16-10-5-11-17-32/h3-17,19-22,24-25,34-35,37H,18,23,26-27H2,1-2H3,(H,42,43,47,48)/t34-,35-,37+/m1/s1. The Kier molecular flexibility index (Phi) is 11.3. The predicted molar refractivity (Wildman–Crippen MR) is 193 cm³/mol. The van der Waals surface area contributed by atoms with E-state index in [0.29, 0.717) is 11.3 Å². The molecule has 1 N–H and O–H groups in total. The van der Waals surface area contributed by atoms with Crippen LogP contribution in [0.2, 0.25) is 0 Å². The lowest BCUT2D eigenvalue weighted by Crippen LogP contribution is -2.39. The number of rotatable bonds is 14. The first-order chi connectivity index (χ1) is 25.3. The van der Waals surface area contributed by atoms with Crippen molar-refractivity contribution in [3.05, 3.63) is 160 Å². The number of amides is 1. The van der Waals surface area contributed by atoms with E-state index < -0.39 is 41.6 Å². The van der Waals surface area contributed by atoms with Crippen LogP contribution < -0.4 is 15.7 Å². The summed E-state index contributed by atoms with van der Waals surface area (Å²) in [4.78, 5) is 54.8. The fourth-order valence-electron chi connectivity index (χ4n) is 6.26. The highest BCUT2D eigenvalue weighted by Gasteiger charge is 2.44. The number of hydrogen-bond acceptors (Lipinski definition) is 9. The van der Waals surface area contributed by atoms with Crippen LogP contribution in [0.15, 0.2) is 132 Å². The average Bonchev–Trinajstić information content (AvgIpc) is 3.57. The summed E-state index contributed by atoms with van der Waals surface area (Å²) in [6, 6.07) is 37.5. The molecule has 0 spiro atoms. The van der Waals surface area contributed by atoms with E-state index in [1.807, 2.05) is 91.0 Å². The highest BCUT2D eigenvalue weighted by molar-refractivity contribution is 6.03. The zero-order chi connectivity index (χ0) is 36.5. The molecule has 52 heavy (non-hydrogen) atoms. The third-order valence-electron chi connectivity index (χ3n) is 8.88. The maximum atomic E-state index is 13.3. The van der Waals surface area contributed by atoms with Crippen molar-refractivity contribution in [1.29, 1.82) is 0 Å². The number of carbonyl (C=O) groups is 3. The van der Waals surface area contributed by atoms with E-state index in [2.05, 4.69) is 10.3 Å². The molecule has 0 aliphatic carbocycles. The molecular formula is C41H39N3O8. The largest absolute Gasteiger partial charge is 0.497 e. The van der Waals surface area contributed by atoms with Gasteiger partial charge in [-0.15, -0.1) is 0 Å². The van der Waals surface area contributed by atoms with E-state index in [9.17, 15) is 19.2 Å². The monoisotopic (exact) mass is 701 g/mol. The second-order valence-corrected chi connectivity index (χ2v) is 12.4. The first-order valence-electron chi connectivity index (χ1n) is 17.0. The quantitative estimate of drug-likeness (QED) is 0.108. The fraction of sp³-hybridized carbons (Fsp3) is 0.244. The topological polar surface area (TPSA) is 135 Å². The first kappa shape index (κ1) is 35.9. The van der Waals surface area contributed by atoms with Crippen LogP contribution in [0.1, 0.15) is 59.5 Å². The van der Waals surface area contributed by atoms with Crippen molar-refractivity contribution < 1.29 is 33.3 Å². The van der Waals surface area contributed by atoms with Gasteiger partial charge in [-0.25, -0.2) is 4.79 Å². The van der Waals surface area contributed by atoms with E-state index in [1.54, 1.807) is 24.3 Å². The van der Waals surface area contributed by atoms with Crippen LogP contribution >= 0.6 is 0 Å². The van der Waals surface area contributed by atoms with E-state index in [4.69, 9.17) is 18.9 Å². The summed E-state index contributed by atoms with van der Waals surface area (Å²) < 4.78 is 25.8. The number of ketones is 1. The zero-order valence-corrected chi connectivity index (χ0v) is 28.8. The third-order valence-corrected chi connectivity index (χ3v) is 8.88. The van der Waals surface area contributed by atoms with Gasteiger partial charge >= 0.3 is 11.7 Å². The van der Waals surface area contributed by atoms with E-state index >= 15 is 0 Å². The third kappa shape index (κ3) is 8.17. The minimum Gasteiger partial charge on any atom is -0.497 e. The Morgan fingerprint density at radius 3 is 1.92 bits per heavy atom. The normalized spacial score (nSPS) is 16.9. The molecule has 11 heteroatoms. The van der Waals surface area contributed by atoms with Crippen molar-refractivity contribution in [3.63, 3.8) is 0 Å². The van der Waals surface area contributed by atoms with Gasteiger partial charge in [0.25, 0.3) is 5.91 Å². The van der Waals surface area contributed by atoms with Crippen molar-refractivity contribution in [1.82, 2.24) is 9.55 Å². The Labute approximate surface area is 301 Å². The molecule has 1 amide bonds. The lowest BCUT2D eigenvalue weighted by molar-refractivity contribution is -0.156. The van der Waals surface area contributed by atoms with Crippen molar-refractivity contribution in [2.45, 2.75) is 50.2 Å². The van der Waals surface area contributed by atoms with E-state index in [1.165, 1.54) is 30.9 Å². The van der Waals surface area contributed by atoms with Gasteiger partial charge in [-0.1, -0.05) is 91.0 Å². The second kappa shape index (κ2) is 16.4. The Morgan fingerprint density at radius 1 is 0.827 bits per heavy atom. The SMILES string of the molecule is COc1ccc(C(=O)Nc2ccn([C@@H]3C[C@@H](OC(=O)CCC(C)=O)[C@@H](COC(c4ccccc4)(c4ccccc4)c4ccccc4)O3)c(=O)n2)cc1. The van der Waals surface area contributed by atoms with Gasteiger partial charge in [0.05, 0.1) is 20.1 Å². The zero-order valence-electron chi connectivity index (χ0n) is 28.8. The molecular weight excluding hydrogens is 662 g/mol. The molecule has 1 aliphatic heterocycles. The summed E-state index contributed by atoms with van der Waals surface area (Å²) >= 11 is 0. The molecule has 266 valence electrons. The van der Waals surface area contributed by atoms with Crippen molar-refractivity contribution in [2.75, 3.05) is 19.0 Å². The molecule has 2 heterocycles. The van der Waals surface area contributed by atoms with E-state index in [0.717, 1.165) is 16.7 Å². The Bertz CT molecular complexity index is 1940. The molecule has 1 aromatic heterocycles. The van der Waals surface area contributed by atoms with Gasteiger partial charge in [0.2, 0.25) is 0 Å². The van der Waals surface area contributed by atoms with Crippen LogP contribution in [0.5, 0.6) is 5.75 Å². The lowest BCUT2D eigenvalue weighted by Gasteiger charge is -2.37. The number of hydrogen-bond donors (Lipinski definition) is 1. The lowest BCUT2D eigenvalue weighted by atomic mass is 9.80. The summed E-state index contributed by atoms with van der Waals surface area (Å²) in [5.74, 6) is -0.473. The van der Waals surface area contributed by atoms with Crippen molar-refractivity contribution in [2.24, 2.45) is 0 Å². The number of benzene rings is 4. The Morgan fingerprint density at radius 2 is 1.40 bits per heavy atom. The van der Waals surface area contributed by atoms with Crippen LogP contribution in [0.4, 0.5) is 5.82 Å². The minimum absolute atomic E-state index is 0.0297. The molecule has 5 aromatic rings. The molecule has 0 saturated carbocycles. The van der Waals surface area contributed by atoms with Crippen LogP contribution in [0.3, 0.4) is 0 Å². The number of aromatic nitrogens is 2. The Hall–Kier alpha value is -5.91. The Balaban J connectivity index is 1.28. The second-order valence-electron chi connectivity index (χ2n) is 12.4. The molecule has 0 unspecified atom stereocenters. The van der Waals surface area contributed by atoms with Gasteiger partial charge in [0, 0.05) is 24.6 Å².